The van der Waals surface area contributed by atoms with Gasteiger partial charge < -0.3 is 9.42 Å². The SMILES string of the molecule is Cc1cc(CN2CCN(C(=O)C3(C)CCN(Cc4ccccc4)CC3)CC2)on1. The Morgan fingerprint density at radius 1 is 1.00 bits per heavy atom. The molecule has 2 aliphatic heterocycles. The molecule has 1 aromatic heterocycles. The molecule has 6 heteroatoms. The Kier molecular flexibility index (Phi) is 6.01. The van der Waals surface area contributed by atoms with Gasteiger partial charge in [-0.2, -0.15) is 0 Å². The summed E-state index contributed by atoms with van der Waals surface area (Å²) < 4.78 is 5.33. The van der Waals surface area contributed by atoms with Crippen molar-refractivity contribution in [3.8, 4) is 0 Å². The molecule has 0 saturated carbocycles. The van der Waals surface area contributed by atoms with E-state index in [9.17, 15) is 4.79 Å². The standard InChI is InChI=1S/C23H32N4O2/c1-19-16-21(29-24-19)18-26-12-14-27(15-13-26)22(28)23(2)8-10-25(11-9-23)17-20-6-4-3-5-7-20/h3-7,16H,8-15,17-18H2,1-2H3. The number of hydrogen-bond acceptors (Lipinski definition) is 5. The molecule has 0 spiro atoms. The van der Waals surface area contributed by atoms with Crippen LogP contribution in [0.5, 0.6) is 0 Å². The highest BCUT2D eigenvalue weighted by molar-refractivity contribution is 5.82. The van der Waals surface area contributed by atoms with Gasteiger partial charge in [-0.3, -0.25) is 14.6 Å². The molecule has 0 radical (unpaired) electrons. The van der Waals surface area contributed by atoms with Crippen LogP contribution in [0.15, 0.2) is 40.9 Å². The molecule has 1 aromatic carbocycles. The summed E-state index contributed by atoms with van der Waals surface area (Å²) in [4.78, 5) is 20.2. The molecule has 0 atom stereocenters. The van der Waals surface area contributed by atoms with E-state index in [0.29, 0.717) is 5.91 Å². The highest BCUT2D eigenvalue weighted by Gasteiger charge is 2.40. The predicted molar refractivity (Wildman–Crippen MR) is 112 cm³/mol. The van der Waals surface area contributed by atoms with Crippen molar-refractivity contribution in [2.24, 2.45) is 5.41 Å². The lowest BCUT2D eigenvalue weighted by atomic mass is 9.78. The maximum absolute atomic E-state index is 13.3. The highest BCUT2D eigenvalue weighted by atomic mass is 16.5. The fourth-order valence-corrected chi connectivity index (χ4v) is 4.46. The Morgan fingerprint density at radius 3 is 2.28 bits per heavy atom. The van der Waals surface area contributed by atoms with Crippen LogP contribution in [-0.4, -0.2) is 65.0 Å². The summed E-state index contributed by atoms with van der Waals surface area (Å²) in [5.74, 6) is 1.24. The Morgan fingerprint density at radius 2 is 1.66 bits per heavy atom. The number of hydrogen-bond donors (Lipinski definition) is 0. The van der Waals surface area contributed by atoms with Crippen LogP contribution in [0.25, 0.3) is 0 Å². The first-order chi connectivity index (χ1) is 14.0. The van der Waals surface area contributed by atoms with Crippen LogP contribution in [0, 0.1) is 12.3 Å². The van der Waals surface area contributed by atoms with Gasteiger partial charge in [-0.1, -0.05) is 42.4 Å². The largest absolute Gasteiger partial charge is 0.360 e. The summed E-state index contributed by atoms with van der Waals surface area (Å²) in [6.45, 7) is 11.2. The van der Waals surface area contributed by atoms with Crippen LogP contribution in [0.4, 0.5) is 0 Å². The summed E-state index contributed by atoms with van der Waals surface area (Å²) in [5, 5.41) is 3.96. The zero-order valence-corrected chi connectivity index (χ0v) is 17.6. The summed E-state index contributed by atoms with van der Waals surface area (Å²) in [5.41, 5.74) is 2.04. The zero-order valence-electron chi connectivity index (χ0n) is 17.6. The predicted octanol–water partition coefficient (Wildman–Crippen LogP) is 2.93. The van der Waals surface area contributed by atoms with E-state index in [1.165, 1.54) is 5.56 Å². The Balaban J connectivity index is 1.25. The van der Waals surface area contributed by atoms with Gasteiger partial charge in [0.25, 0.3) is 0 Å². The van der Waals surface area contributed by atoms with Crippen molar-refractivity contribution < 1.29 is 9.32 Å². The van der Waals surface area contributed by atoms with E-state index in [4.69, 9.17) is 4.52 Å². The lowest BCUT2D eigenvalue weighted by molar-refractivity contribution is -0.146. The summed E-state index contributed by atoms with van der Waals surface area (Å²) in [6.07, 6.45) is 1.88. The van der Waals surface area contributed by atoms with Crippen molar-refractivity contribution in [3.05, 3.63) is 53.4 Å². The summed E-state index contributed by atoms with van der Waals surface area (Å²) in [7, 11) is 0. The average Bonchev–Trinajstić information content (AvgIpc) is 3.15. The second-order valence-electron chi connectivity index (χ2n) is 8.83. The topological polar surface area (TPSA) is 52.8 Å². The van der Waals surface area contributed by atoms with Gasteiger partial charge in [-0.25, -0.2) is 0 Å². The second kappa shape index (κ2) is 8.67. The Bertz CT molecular complexity index is 803. The third-order valence-corrected chi connectivity index (χ3v) is 6.44. The quantitative estimate of drug-likeness (QED) is 0.778. The lowest BCUT2D eigenvalue weighted by Crippen LogP contribution is -2.54. The van der Waals surface area contributed by atoms with Crippen LogP contribution >= 0.6 is 0 Å². The minimum absolute atomic E-state index is 0.225. The smallest absolute Gasteiger partial charge is 0.228 e. The van der Waals surface area contributed by atoms with E-state index in [0.717, 1.165) is 76.7 Å². The van der Waals surface area contributed by atoms with Crippen molar-refractivity contribution in [2.75, 3.05) is 39.3 Å². The van der Waals surface area contributed by atoms with E-state index < -0.39 is 0 Å². The van der Waals surface area contributed by atoms with Crippen molar-refractivity contribution in [1.29, 1.82) is 0 Å². The van der Waals surface area contributed by atoms with Crippen LogP contribution in [-0.2, 0) is 17.9 Å². The lowest BCUT2D eigenvalue weighted by Gasteiger charge is -2.43. The molecule has 156 valence electrons. The van der Waals surface area contributed by atoms with Crippen LogP contribution in [0.1, 0.15) is 36.8 Å². The molecule has 3 heterocycles. The Hall–Kier alpha value is -2.18. The maximum Gasteiger partial charge on any atom is 0.228 e. The van der Waals surface area contributed by atoms with Crippen molar-refractivity contribution >= 4 is 5.91 Å². The number of rotatable bonds is 5. The molecule has 0 aliphatic carbocycles. The van der Waals surface area contributed by atoms with E-state index >= 15 is 0 Å². The number of carbonyl (C=O) groups excluding carboxylic acids is 1. The van der Waals surface area contributed by atoms with E-state index in [2.05, 4.69) is 57.1 Å². The minimum atomic E-state index is -0.225. The van der Waals surface area contributed by atoms with Gasteiger partial charge in [0.2, 0.25) is 5.91 Å². The Labute approximate surface area is 173 Å². The van der Waals surface area contributed by atoms with Gasteiger partial charge in [0.1, 0.15) is 0 Å². The van der Waals surface area contributed by atoms with Crippen molar-refractivity contribution in [1.82, 2.24) is 19.9 Å². The number of nitrogens with zero attached hydrogens (tertiary/aromatic N) is 4. The number of piperidine rings is 1. The average molecular weight is 397 g/mol. The normalized spacial score (nSPS) is 20.7. The molecule has 2 aromatic rings. The number of piperazine rings is 1. The van der Waals surface area contributed by atoms with Gasteiger partial charge in [0, 0.05) is 44.2 Å². The molecule has 2 fully saturated rings. The van der Waals surface area contributed by atoms with Crippen LogP contribution in [0.3, 0.4) is 0 Å². The molecular weight excluding hydrogens is 364 g/mol. The number of likely N-dealkylation sites (tertiary alicyclic amines) is 1. The number of benzene rings is 1. The zero-order chi connectivity index (χ0) is 20.3. The van der Waals surface area contributed by atoms with E-state index in [1.54, 1.807) is 0 Å². The second-order valence-corrected chi connectivity index (χ2v) is 8.83. The molecule has 1 amide bonds. The van der Waals surface area contributed by atoms with Crippen LogP contribution in [0.2, 0.25) is 0 Å². The van der Waals surface area contributed by atoms with Gasteiger partial charge >= 0.3 is 0 Å². The third kappa shape index (κ3) is 4.87. The molecule has 0 unspecified atom stereocenters. The first-order valence-electron chi connectivity index (χ1n) is 10.7. The van der Waals surface area contributed by atoms with E-state index in [-0.39, 0.29) is 5.41 Å². The number of carbonyl (C=O) groups is 1. The maximum atomic E-state index is 13.3. The van der Waals surface area contributed by atoms with Gasteiger partial charge in [-0.15, -0.1) is 0 Å². The van der Waals surface area contributed by atoms with E-state index in [1.807, 2.05) is 13.0 Å². The van der Waals surface area contributed by atoms with Gasteiger partial charge in [0.05, 0.1) is 12.2 Å². The first-order valence-corrected chi connectivity index (χ1v) is 10.7. The summed E-state index contributed by atoms with van der Waals surface area (Å²) >= 11 is 0. The molecular formula is C23H32N4O2. The number of aromatic nitrogens is 1. The minimum Gasteiger partial charge on any atom is -0.360 e. The molecule has 6 nitrogen and oxygen atoms in total. The number of amides is 1. The fraction of sp³-hybridized carbons (Fsp3) is 0.565. The van der Waals surface area contributed by atoms with Gasteiger partial charge in [-0.05, 0) is 38.4 Å². The summed E-state index contributed by atoms with van der Waals surface area (Å²) in [6, 6.07) is 12.6. The molecule has 0 N–H and O–H groups in total. The molecule has 2 saturated heterocycles. The monoisotopic (exact) mass is 396 g/mol. The molecule has 0 bridgehead atoms. The number of aryl methyl sites for hydroxylation is 1. The first kappa shape index (κ1) is 20.1. The molecule has 4 rings (SSSR count). The van der Waals surface area contributed by atoms with Gasteiger partial charge in [0.15, 0.2) is 5.76 Å². The fourth-order valence-electron chi connectivity index (χ4n) is 4.46. The van der Waals surface area contributed by atoms with Crippen LogP contribution < -0.4 is 0 Å². The third-order valence-electron chi connectivity index (χ3n) is 6.44. The highest BCUT2D eigenvalue weighted by Crippen LogP contribution is 2.34. The molecule has 2 aliphatic rings. The van der Waals surface area contributed by atoms with Crippen molar-refractivity contribution in [3.63, 3.8) is 0 Å². The van der Waals surface area contributed by atoms with Crippen molar-refractivity contribution in [2.45, 2.75) is 39.8 Å². The molecule has 29 heavy (non-hydrogen) atoms.